The molecular weight excluding hydrogens is 334 g/mol. The molecule has 1 unspecified atom stereocenters. The van der Waals surface area contributed by atoms with Crippen LogP contribution in [0.5, 0.6) is 17.2 Å². The Bertz CT molecular complexity index is 953. The Balaban J connectivity index is 1.48. The molecule has 0 radical (unpaired) electrons. The Kier molecular flexibility index (Phi) is 3.96. The molecule has 1 aliphatic heterocycles. The summed E-state index contributed by atoms with van der Waals surface area (Å²) in [5.41, 5.74) is 2.76. The summed E-state index contributed by atoms with van der Waals surface area (Å²) in [6.45, 7) is 0.247. The minimum Gasteiger partial charge on any atom is -0.508 e. The van der Waals surface area contributed by atoms with Gasteiger partial charge in [-0.15, -0.1) is 0 Å². The normalized spacial score (nSPS) is 15.8. The number of nitrogens with one attached hydrogen (secondary N) is 2. The van der Waals surface area contributed by atoms with Crippen LogP contribution in [0.4, 0.5) is 5.69 Å². The number of anilines is 1. The van der Waals surface area contributed by atoms with Crippen molar-refractivity contribution in [2.24, 2.45) is 5.92 Å². The van der Waals surface area contributed by atoms with E-state index in [1.54, 1.807) is 48.8 Å². The van der Waals surface area contributed by atoms with Crippen LogP contribution < -0.4 is 10.1 Å². The number of aromatic amines is 1. The molecule has 0 spiro atoms. The van der Waals surface area contributed by atoms with Gasteiger partial charge >= 0.3 is 0 Å². The first-order valence-electron chi connectivity index (χ1n) is 8.18. The molecule has 132 valence electrons. The van der Waals surface area contributed by atoms with Crippen molar-refractivity contribution in [3.63, 3.8) is 0 Å². The van der Waals surface area contributed by atoms with Gasteiger partial charge in [0.05, 0.1) is 17.8 Å². The van der Waals surface area contributed by atoms with E-state index in [0.29, 0.717) is 17.9 Å². The van der Waals surface area contributed by atoms with E-state index in [2.05, 4.69) is 15.5 Å². The van der Waals surface area contributed by atoms with Gasteiger partial charge in [0.25, 0.3) is 0 Å². The van der Waals surface area contributed by atoms with Crippen molar-refractivity contribution in [1.82, 2.24) is 10.2 Å². The lowest BCUT2D eigenvalue weighted by Crippen LogP contribution is -2.32. The molecule has 26 heavy (non-hydrogen) atoms. The number of carbonyl (C=O) groups is 1. The largest absolute Gasteiger partial charge is 0.508 e. The fourth-order valence-corrected chi connectivity index (χ4v) is 3.01. The number of ether oxygens (including phenoxy) is 1. The molecule has 1 aromatic heterocycles. The summed E-state index contributed by atoms with van der Waals surface area (Å²) in [5.74, 6) is 0.148. The third-order valence-electron chi connectivity index (χ3n) is 4.41. The third-order valence-corrected chi connectivity index (χ3v) is 4.41. The van der Waals surface area contributed by atoms with Crippen LogP contribution >= 0.6 is 0 Å². The molecule has 0 saturated carbocycles. The van der Waals surface area contributed by atoms with Gasteiger partial charge in [0, 0.05) is 11.8 Å². The molecule has 1 atom stereocenters. The minimum atomic E-state index is -0.405. The summed E-state index contributed by atoms with van der Waals surface area (Å²) in [4.78, 5) is 12.5. The number of phenolic OH excluding ortho intramolecular Hbond substituents is 2. The van der Waals surface area contributed by atoms with Crippen LogP contribution in [-0.2, 0) is 11.2 Å². The number of phenols is 2. The molecule has 7 heteroatoms. The number of aromatic hydroxyl groups is 2. The van der Waals surface area contributed by atoms with Crippen molar-refractivity contribution in [3.05, 3.63) is 54.4 Å². The fraction of sp³-hybridized carbons (Fsp3) is 0.158. The number of H-pyrrole nitrogens is 1. The van der Waals surface area contributed by atoms with Gasteiger partial charge in [-0.25, -0.2) is 0 Å². The molecule has 4 N–H and O–H groups in total. The molecule has 7 nitrogen and oxygen atoms in total. The lowest BCUT2D eigenvalue weighted by atomic mass is 9.95. The number of benzene rings is 2. The van der Waals surface area contributed by atoms with E-state index in [1.165, 1.54) is 0 Å². The van der Waals surface area contributed by atoms with Crippen LogP contribution in [0.1, 0.15) is 5.56 Å². The first-order chi connectivity index (χ1) is 12.6. The summed E-state index contributed by atoms with van der Waals surface area (Å²) < 4.78 is 5.60. The number of hydrogen-bond acceptors (Lipinski definition) is 5. The summed E-state index contributed by atoms with van der Waals surface area (Å²) in [6, 6.07) is 9.87. The van der Waals surface area contributed by atoms with Gasteiger partial charge in [0.15, 0.2) is 0 Å². The van der Waals surface area contributed by atoms with Crippen molar-refractivity contribution in [2.45, 2.75) is 6.42 Å². The van der Waals surface area contributed by atoms with E-state index in [1.807, 2.05) is 0 Å². The quantitative estimate of drug-likeness (QED) is 0.543. The number of hydrogen-bond donors (Lipinski definition) is 4. The molecule has 4 rings (SSSR count). The lowest BCUT2D eigenvalue weighted by molar-refractivity contribution is -0.121. The van der Waals surface area contributed by atoms with E-state index in [-0.39, 0.29) is 24.0 Å². The predicted molar refractivity (Wildman–Crippen MR) is 95.1 cm³/mol. The highest BCUT2D eigenvalue weighted by molar-refractivity contribution is 5.94. The summed E-state index contributed by atoms with van der Waals surface area (Å²) in [5, 5.41) is 29.2. The maximum atomic E-state index is 12.5. The van der Waals surface area contributed by atoms with Crippen LogP contribution in [0.2, 0.25) is 0 Å². The van der Waals surface area contributed by atoms with Crippen molar-refractivity contribution in [3.8, 4) is 28.4 Å². The highest BCUT2D eigenvalue weighted by Gasteiger charge is 2.27. The zero-order valence-corrected chi connectivity index (χ0v) is 13.8. The topological polar surface area (TPSA) is 107 Å². The zero-order chi connectivity index (χ0) is 18.1. The molecule has 0 saturated heterocycles. The Morgan fingerprint density at radius 1 is 1.19 bits per heavy atom. The first-order valence-corrected chi connectivity index (χ1v) is 8.18. The molecule has 0 aliphatic carbocycles. The Morgan fingerprint density at radius 2 is 2.08 bits per heavy atom. The van der Waals surface area contributed by atoms with Crippen LogP contribution in [0.3, 0.4) is 0 Å². The molecule has 1 aliphatic rings. The van der Waals surface area contributed by atoms with Crippen LogP contribution in [0.25, 0.3) is 11.1 Å². The molecule has 1 amide bonds. The van der Waals surface area contributed by atoms with Crippen molar-refractivity contribution >= 4 is 11.6 Å². The van der Waals surface area contributed by atoms with Gasteiger partial charge < -0.3 is 20.3 Å². The SMILES string of the molecule is O=C(Nc1ccc(-c2cn[nH]c2)cc1O)C1COc2ccc(O)cc2C1. The van der Waals surface area contributed by atoms with Crippen LogP contribution in [0, 0.1) is 5.92 Å². The number of aromatic nitrogens is 2. The maximum Gasteiger partial charge on any atom is 0.231 e. The van der Waals surface area contributed by atoms with Gasteiger partial charge in [0.2, 0.25) is 5.91 Å². The molecule has 2 heterocycles. The zero-order valence-electron chi connectivity index (χ0n) is 13.8. The average molecular weight is 351 g/mol. The fourth-order valence-electron chi connectivity index (χ4n) is 3.01. The van der Waals surface area contributed by atoms with Crippen molar-refractivity contribution < 1.29 is 19.7 Å². The first kappa shape index (κ1) is 16.0. The van der Waals surface area contributed by atoms with Crippen molar-refractivity contribution in [1.29, 1.82) is 0 Å². The number of carbonyl (C=O) groups excluding carboxylic acids is 1. The van der Waals surface area contributed by atoms with E-state index in [0.717, 1.165) is 16.7 Å². The van der Waals surface area contributed by atoms with E-state index in [9.17, 15) is 15.0 Å². The number of amides is 1. The second-order valence-electron chi connectivity index (χ2n) is 6.21. The third kappa shape index (κ3) is 3.06. The minimum absolute atomic E-state index is 0.0215. The van der Waals surface area contributed by atoms with Gasteiger partial charge in [-0.2, -0.15) is 5.10 Å². The Labute approximate surface area is 149 Å². The predicted octanol–water partition coefficient (Wildman–Crippen LogP) is 2.68. The summed E-state index contributed by atoms with van der Waals surface area (Å²) in [7, 11) is 0. The Morgan fingerprint density at radius 3 is 2.85 bits per heavy atom. The summed E-state index contributed by atoms with van der Waals surface area (Å²) >= 11 is 0. The summed E-state index contributed by atoms with van der Waals surface area (Å²) in [6.07, 6.45) is 3.84. The van der Waals surface area contributed by atoms with E-state index in [4.69, 9.17) is 4.74 Å². The standard InChI is InChI=1S/C19H17N3O4/c23-15-2-4-18-12(6-15)5-13(10-26-18)19(25)22-16-3-1-11(7-17(16)24)14-8-20-21-9-14/h1-4,6-9,13,23-24H,5,10H2,(H,20,21)(H,22,25). The van der Waals surface area contributed by atoms with Crippen LogP contribution in [0.15, 0.2) is 48.8 Å². The molecule has 3 aromatic rings. The van der Waals surface area contributed by atoms with Crippen LogP contribution in [-0.4, -0.2) is 32.9 Å². The number of rotatable bonds is 3. The maximum absolute atomic E-state index is 12.5. The van der Waals surface area contributed by atoms with Gasteiger partial charge in [-0.05, 0) is 47.9 Å². The average Bonchev–Trinajstić information content (AvgIpc) is 3.17. The van der Waals surface area contributed by atoms with Gasteiger partial charge in [-0.1, -0.05) is 6.07 Å². The smallest absolute Gasteiger partial charge is 0.231 e. The molecular formula is C19H17N3O4. The number of fused-ring (bicyclic) bond motifs is 1. The number of nitrogens with zero attached hydrogens (tertiary/aromatic N) is 1. The highest BCUT2D eigenvalue weighted by Crippen LogP contribution is 2.32. The van der Waals surface area contributed by atoms with E-state index < -0.39 is 5.92 Å². The van der Waals surface area contributed by atoms with Gasteiger partial charge in [-0.3, -0.25) is 9.89 Å². The second-order valence-corrected chi connectivity index (χ2v) is 6.21. The molecule has 2 aromatic carbocycles. The van der Waals surface area contributed by atoms with Gasteiger partial charge in [0.1, 0.15) is 23.9 Å². The molecule has 0 fully saturated rings. The lowest BCUT2D eigenvalue weighted by Gasteiger charge is -2.24. The van der Waals surface area contributed by atoms with Crippen molar-refractivity contribution in [2.75, 3.05) is 11.9 Å². The van der Waals surface area contributed by atoms with E-state index >= 15 is 0 Å². The molecule has 0 bridgehead atoms. The highest BCUT2D eigenvalue weighted by atomic mass is 16.5. The second kappa shape index (κ2) is 6.44. The monoisotopic (exact) mass is 351 g/mol. The Hall–Kier alpha value is -3.48.